The molecule has 2 N–H and O–H groups in total. The van der Waals surface area contributed by atoms with Crippen molar-refractivity contribution in [3.05, 3.63) is 72.3 Å². The first-order valence-electron chi connectivity index (χ1n) is 7.59. The number of nitrogens with one attached hydrogen (secondary N) is 1. The van der Waals surface area contributed by atoms with Gasteiger partial charge in [-0.05, 0) is 18.4 Å². The maximum atomic E-state index is 11.1. The first-order chi connectivity index (χ1) is 11.2. The van der Waals surface area contributed by atoms with Gasteiger partial charge in [0.15, 0.2) is 0 Å². The van der Waals surface area contributed by atoms with E-state index in [0.717, 1.165) is 5.56 Å². The minimum atomic E-state index is -0.928. The van der Waals surface area contributed by atoms with Crippen LogP contribution in [0.25, 0.3) is 0 Å². The van der Waals surface area contributed by atoms with Crippen LogP contribution in [0.1, 0.15) is 18.9 Å². The number of benzene rings is 2. The van der Waals surface area contributed by atoms with Crippen molar-refractivity contribution >= 4 is 5.97 Å². The zero-order valence-corrected chi connectivity index (χ0v) is 13.2. The predicted octanol–water partition coefficient (Wildman–Crippen LogP) is 3.26. The molecular weight excluding hydrogens is 288 g/mol. The molecule has 0 aromatic heterocycles. The normalized spacial score (nSPS) is 12.2. The number of carboxylic acid groups (broad SMARTS) is 1. The number of rotatable bonds is 6. The lowest BCUT2D eigenvalue weighted by atomic mass is 10.0. The summed E-state index contributed by atoms with van der Waals surface area (Å²) in [5, 5.41) is 20.8. The SMILES string of the molecule is CCC(C#N)NC(Cc1ccccc1)C(=O)O.c1ccccc1. The molecule has 4 nitrogen and oxygen atoms in total. The molecule has 120 valence electrons. The average Bonchev–Trinajstić information content (AvgIpc) is 2.61. The van der Waals surface area contributed by atoms with E-state index in [1.54, 1.807) is 0 Å². The smallest absolute Gasteiger partial charge is 0.321 e. The molecule has 2 atom stereocenters. The van der Waals surface area contributed by atoms with Crippen molar-refractivity contribution in [2.45, 2.75) is 31.8 Å². The monoisotopic (exact) mass is 310 g/mol. The van der Waals surface area contributed by atoms with Gasteiger partial charge in [-0.15, -0.1) is 0 Å². The van der Waals surface area contributed by atoms with Gasteiger partial charge in [0.1, 0.15) is 6.04 Å². The molecule has 2 unspecified atom stereocenters. The van der Waals surface area contributed by atoms with Crippen LogP contribution in [0.15, 0.2) is 66.7 Å². The molecule has 0 saturated carbocycles. The minimum absolute atomic E-state index is 0.383. The summed E-state index contributed by atoms with van der Waals surface area (Å²) in [7, 11) is 0. The second-order valence-electron chi connectivity index (χ2n) is 4.99. The molecule has 0 aliphatic carbocycles. The molecular formula is C19H22N2O2. The Bertz CT molecular complexity index is 567. The number of nitriles is 1. The highest BCUT2D eigenvalue weighted by Gasteiger charge is 2.20. The fraction of sp³-hybridized carbons (Fsp3) is 0.263. The van der Waals surface area contributed by atoms with Crippen LogP contribution in [0.3, 0.4) is 0 Å². The van der Waals surface area contributed by atoms with Crippen LogP contribution in [-0.2, 0) is 11.2 Å². The third-order valence-electron chi connectivity index (χ3n) is 3.21. The largest absolute Gasteiger partial charge is 0.480 e. The van der Waals surface area contributed by atoms with Gasteiger partial charge in [0.2, 0.25) is 0 Å². The Morgan fingerprint density at radius 1 is 1.09 bits per heavy atom. The fourth-order valence-electron chi connectivity index (χ4n) is 1.94. The highest BCUT2D eigenvalue weighted by atomic mass is 16.4. The second kappa shape index (κ2) is 11.0. The summed E-state index contributed by atoms with van der Waals surface area (Å²) in [4.78, 5) is 11.1. The number of hydrogen-bond acceptors (Lipinski definition) is 3. The summed E-state index contributed by atoms with van der Waals surface area (Å²) in [6.07, 6.45) is 0.976. The van der Waals surface area contributed by atoms with E-state index < -0.39 is 18.1 Å². The molecule has 0 saturated heterocycles. The highest BCUT2D eigenvalue weighted by Crippen LogP contribution is 2.05. The predicted molar refractivity (Wildman–Crippen MR) is 90.8 cm³/mol. The Balaban J connectivity index is 0.000000366. The van der Waals surface area contributed by atoms with Crippen LogP contribution < -0.4 is 5.32 Å². The number of aliphatic carboxylic acids is 1. The van der Waals surface area contributed by atoms with E-state index in [1.165, 1.54) is 0 Å². The average molecular weight is 310 g/mol. The van der Waals surface area contributed by atoms with Gasteiger partial charge in [0.05, 0.1) is 12.1 Å². The summed E-state index contributed by atoms with van der Waals surface area (Å²) in [6.45, 7) is 1.85. The lowest BCUT2D eigenvalue weighted by Gasteiger charge is -2.17. The van der Waals surface area contributed by atoms with Gasteiger partial charge in [0, 0.05) is 0 Å². The summed E-state index contributed by atoms with van der Waals surface area (Å²) < 4.78 is 0. The zero-order chi connectivity index (χ0) is 16.9. The zero-order valence-electron chi connectivity index (χ0n) is 13.2. The van der Waals surface area contributed by atoms with Crippen molar-refractivity contribution in [3.63, 3.8) is 0 Å². The summed E-state index contributed by atoms with van der Waals surface area (Å²) >= 11 is 0. The Morgan fingerprint density at radius 2 is 1.57 bits per heavy atom. The topological polar surface area (TPSA) is 73.1 Å². The first-order valence-corrected chi connectivity index (χ1v) is 7.59. The van der Waals surface area contributed by atoms with E-state index in [0.29, 0.717) is 12.8 Å². The Hall–Kier alpha value is -2.64. The van der Waals surface area contributed by atoms with Crippen LogP contribution in [0.5, 0.6) is 0 Å². The maximum absolute atomic E-state index is 11.1. The van der Waals surface area contributed by atoms with Crippen LogP contribution in [-0.4, -0.2) is 23.2 Å². The van der Waals surface area contributed by atoms with Gasteiger partial charge in [-0.1, -0.05) is 73.7 Å². The van der Waals surface area contributed by atoms with Crippen molar-refractivity contribution in [2.75, 3.05) is 0 Å². The molecule has 2 rings (SSSR count). The third kappa shape index (κ3) is 7.79. The molecule has 0 bridgehead atoms. The van der Waals surface area contributed by atoms with Crippen LogP contribution in [0.4, 0.5) is 0 Å². The standard InChI is InChI=1S/C13H16N2O2.C6H6/c1-2-11(9-14)15-12(13(16)17)8-10-6-4-3-5-7-10;1-2-4-6-5-3-1/h3-7,11-12,15H,2,8H2,1H3,(H,16,17);1-6H. The number of carboxylic acids is 1. The van der Waals surface area contributed by atoms with E-state index in [4.69, 9.17) is 10.4 Å². The molecule has 0 amide bonds. The highest BCUT2D eigenvalue weighted by molar-refractivity contribution is 5.74. The molecule has 0 radical (unpaired) electrons. The first kappa shape index (κ1) is 18.4. The Labute approximate surface area is 137 Å². The Morgan fingerprint density at radius 3 is 1.96 bits per heavy atom. The van der Waals surface area contributed by atoms with Gasteiger partial charge in [0.25, 0.3) is 0 Å². The molecule has 0 spiro atoms. The molecule has 0 aliphatic heterocycles. The van der Waals surface area contributed by atoms with E-state index in [-0.39, 0.29) is 0 Å². The van der Waals surface area contributed by atoms with Crippen LogP contribution in [0.2, 0.25) is 0 Å². The van der Waals surface area contributed by atoms with Crippen molar-refractivity contribution in [1.82, 2.24) is 5.32 Å². The van der Waals surface area contributed by atoms with Crippen molar-refractivity contribution in [1.29, 1.82) is 5.26 Å². The molecule has 23 heavy (non-hydrogen) atoms. The van der Waals surface area contributed by atoms with Crippen molar-refractivity contribution in [3.8, 4) is 6.07 Å². The number of hydrogen-bond donors (Lipinski definition) is 2. The van der Waals surface area contributed by atoms with Crippen LogP contribution in [0, 0.1) is 11.3 Å². The van der Waals surface area contributed by atoms with E-state index in [9.17, 15) is 4.79 Å². The lowest BCUT2D eigenvalue weighted by molar-refractivity contribution is -0.139. The van der Waals surface area contributed by atoms with Gasteiger partial charge in [-0.2, -0.15) is 5.26 Å². The van der Waals surface area contributed by atoms with E-state index in [2.05, 4.69) is 5.32 Å². The maximum Gasteiger partial charge on any atom is 0.321 e. The lowest BCUT2D eigenvalue weighted by Crippen LogP contribution is -2.43. The van der Waals surface area contributed by atoms with Crippen molar-refractivity contribution in [2.24, 2.45) is 0 Å². The Kier molecular flexibility index (Phi) is 8.80. The summed E-state index contributed by atoms with van der Waals surface area (Å²) in [5.74, 6) is -0.928. The fourth-order valence-corrected chi connectivity index (χ4v) is 1.94. The summed E-state index contributed by atoms with van der Waals surface area (Å²) in [5.41, 5.74) is 0.945. The molecule has 2 aromatic carbocycles. The minimum Gasteiger partial charge on any atom is -0.480 e. The van der Waals surface area contributed by atoms with Crippen LogP contribution >= 0.6 is 0 Å². The molecule has 4 heteroatoms. The number of carbonyl (C=O) groups is 1. The molecule has 2 aromatic rings. The van der Waals surface area contributed by atoms with Gasteiger partial charge < -0.3 is 5.11 Å². The molecule has 0 fully saturated rings. The van der Waals surface area contributed by atoms with E-state index in [1.807, 2.05) is 79.7 Å². The van der Waals surface area contributed by atoms with Gasteiger partial charge >= 0.3 is 5.97 Å². The molecule has 0 aliphatic rings. The van der Waals surface area contributed by atoms with Gasteiger partial charge in [-0.3, -0.25) is 10.1 Å². The number of nitrogens with zero attached hydrogens (tertiary/aromatic N) is 1. The quantitative estimate of drug-likeness (QED) is 0.859. The second-order valence-corrected chi connectivity index (χ2v) is 4.99. The summed E-state index contributed by atoms with van der Waals surface area (Å²) in [6, 6.07) is 22.3. The third-order valence-corrected chi connectivity index (χ3v) is 3.21. The molecule has 0 heterocycles. The van der Waals surface area contributed by atoms with E-state index >= 15 is 0 Å². The van der Waals surface area contributed by atoms with Gasteiger partial charge in [-0.25, -0.2) is 0 Å². The van der Waals surface area contributed by atoms with Crippen molar-refractivity contribution < 1.29 is 9.90 Å².